The molecular weight excluding hydrogens is 182 g/mol. The predicted molar refractivity (Wildman–Crippen MR) is 25.6 cm³/mol. The fourth-order valence-corrected chi connectivity index (χ4v) is 0.250. The van der Waals surface area contributed by atoms with Gasteiger partial charge in [-0.3, -0.25) is 0 Å². The molecule has 0 spiro atoms. The summed E-state index contributed by atoms with van der Waals surface area (Å²) in [6, 6.07) is 0. The van der Waals surface area contributed by atoms with Crippen LogP contribution in [0.5, 0.6) is 0 Å². The molecule has 0 unspecified atom stereocenters. The molecule has 0 N–H and O–H groups in total. The molecule has 7 heavy (non-hydrogen) atoms. The number of rotatable bonds is 2. The van der Waals surface area contributed by atoms with Crippen molar-refractivity contribution in [2.24, 2.45) is 0 Å². The van der Waals surface area contributed by atoms with Crippen molar-refractivity contribution >= 4 is 9.28 Å². The summed E-state index contributed by atoms with van der Waals surface area (Å²) in [5, 5.41) is 0. The van der Waals surface area contributed by atoms with E-state index in [1.54, 1.807) is 14.2 Å². The fourth-order valence-electron chi connectivity index (χ4n) is 0.0833. The van der Waals surface area contributed by atoms with Gasteiger partial charge < -0.3 is 8.85 Å². The topological polar surface area (TPSA) is 18.5 Å². The summed E-state index contributed by atoms with van der Waals surface area (Å²) in [7, 11) is 2.43. The van der Waals surface area contributed by atoms with Crippen LogP contribution in [0.1, 0.15) is 0 Å². The Balaban J connectivity index is 0. The van der Waals surface area contributed by atoms with E-state index in [0.717, 1.165) is 0 Å². The molecule has 0 amide bonds. The van der Waals surface area contributed by atoms with E-state index in [4.69, 9.17) is 8.85 Å². The van der Waals surface area contributed by atoms with E-state index in [2.05, 4.69) is 0 Å². The largest absolute Gasteiger partial charge is 1.00 e. The smallest absolute Gasteiger partial charge is 0.565 e. The fraction of sp³-hybridized carbons (Fsp3) is 1.00. The second kappa shape index (κ2) is 7.94. The minimum atomic E-state index is -0.868. The zero-order valence-electron chi connectivity index (χ0n) is 5.32. The first-order chi connectivity index (χ1) is 2.81. The van der Waals surface area contributed by atoms with Crippen LogP contribution >= 0.6 is 0 Å². The van der Waals surface area contributed by atoms with E-state index in [-0.39, 0.29) is 58.2 Å². The molecule has 0 aromatic rings. The summed E-state index contributed by atoms with van der Waals surface area (Å²) in [5.74, 6) is 0. The van der Waals surface area contributed by atoms with Crippen molar-refractivity contribution in [1.29, 1.82) is 0 Å². The van der Waals surface area contributed by atoms with Crippen molar-refractivity contribution in [3.63, 3.8) is 0 Å². The first-order valence-corrected chi connectivity index (χ1v) is 3.54. The quantitative estimate of drug-likeness (QED) is 0.445. The number of hydrogen-bond acceptors (Lipinski definition) is 2. The SMILES string of the molecule is CO[Si-](C)OC.[Rb+]. The van der Waals surface area contributed by atoms with Crippen LogP contribution in [0.4, 0.5) is 0 Å². The minimum absolute atomic E-state index is 0. The van der Waals surface area contributed by atoms with E-state index in [1.165, 1.54) is 0 Å². The average Bonchev–Trinajstić information content (AvgIpc) is 1.65. The summed E-state index contributed by atoms with van der Waals surface area (Å²) in [6.45, 7) is 1.94. The molecule has 2 nitrogen and oxygen atoms in total. The van der Waals surface area contributed by atoms with Crippen molar-refractivity contribution in [3.05, 3.63) is 0 Å². The van der Waals surface area contributed by atoms with Crippen LogP contribution in [0.3, 0.4) is 0 Å². The van der Waals surface area contributed by atoms with Crippen molar-refractivity contribution < 1.29 is 67.0 Å². The molecular formula is C3H9O2RbSi. The predicted octanol–water partition coefficient (Wildman–Crippen LogP) is -2.60. The molecule has 0 aliphatic carbocycles. The monoisotopic (exact) mass is 190 g/mol. The van der Waals surface area contributed by atoms with Crippen LogP contribution in [0, 0.1) is 0 Å². The Morgan fingerprint density at radius 2 is 1.43 bits per heavy atom. The summed E-state index contributed by atoms with van der Waals surface area (Å²) in [6.07, 6.45) is 0. The third-order valence-electron chi connectivity index (χ3n) is 0.575. The molecule has 0 fully saturated rings. The van der Waals surface area contributed by atoms with Gasteiger partial charge in [-0.1, -0.05) is 0 Å². The van der Waals surface area contributed by atoms with Gasteiger partial charge >= 0.3 is 58.2 Å². The van der Waals surface area contributed by atoms with Gasteiger partial charge in [0.1, 0.15) is 0 Å². The molecule has 0 bridgehead atoms. The maximum Gasteiger partial charge on any atom is 1.00 e. The molecule has 0 saturated carbocycles. The van der Waals surface area contributed by atoms with Gasteiger partial charge in [0.15, 0.2) is 0 Å². The maximum atomic E-state index is 4.78. The molecule has 0 aliphatic heterocycles. The van der Waals surface area contributed by atoms with Gasteiger partial charge in [0, 0.05) is 9.28 Å². The van der Waals surface area contributed by atoms with Crippen LogP contribution in [-0.4, -0.2) is 23.5 Å². The molecule has 38 valence electrons. The molecule has 0 saturated heterocycles. The molecule has 0 radical (unpaired) electrons. The first-order valence-electron chi connectivity index (χ1n) is 1.72. The van der Waals surface area contributed by atoms with E-state index in [0.29, 0.717) is 0 Å². The van der Waals surface area contributed by atoms with Crippen molar-refractivity contribution in [2.75, 3.05) is 14.2 Å². The zero-order chi connectivity index (χ0) is 4.99. The third kappa shape index (κ3) is 7.94. The standard InChI is InChI=1S/C3H9O2Si.Rb/c1-4-6(3)5-2;/h1-3H3;/q-1;+1. The van der Waals surface area contributed by atoms with Gasteiger partial charge in [-0.15, -0.1) is 6.55 Å². The van der Waals surface area contributed by atoms with Gasteiger partial charge in [-0.25, -0.2) is 0 Å². The molecule has 0 aromatic carbocycles. The zero-order valence-corrected chi connectivity index (χ0v) is 11.2. The second-order valence-electron chi connectivity index (χ2n) is 0.900. The Morgan fingerprint density at radius 1 is 1.14 bits per heavy atom. The normalized spacial score (nSPS) is 8.57. The average molecular weight is 191 g/mol. The van der Waals surface area contributed by atoms with E-state index >= 15 is 0 Å². The summed E-state index contributed by atoms with van der Waals surface area (Å²) in [4.78, 5) is 0. The molecule has 0 rings (SSSR count). The van der Waals surface area contributed by atoms with Gasteiger partial charge in [-0.2, -0.15) is 0 Å². The Kier molecular flexibility index (Phi) is 13.3. The first kappa shape index (κ1) is 11.7. The van der Waals surface area contributed by atoms with Crippen LogP contribution in [0.25, 0.3) is 0 Å². The van der Waals surface area contributed by atoms with Gasteiger partial charge in [0.2, 0.25) is 0 Å². The Labute approximate surface area is 95.2 Å². The Hall–Kier alpha value is 1.94. The Bertz CT molecular complexity index is 32.1. The summed E-state index contributed by atoms with van der Waals surface area (Å²) in [5.41, 5.74) is 0. The van der Waals surface area contributed by atoms with Crippen molar-refractivity contribution in [2.45, 2.75) is 6.55 Å². The molecule has 0 aromatic heterocycles. The van der Waals surface area contributed by atoms with Gasteiger partial charge in [-0.05, 0) is 14.2 Å². The second-order valence-corrected chi connectivity index (χ2v) is 2.70. The number of hydrogen-bond donors (Lipinski definition) is 0. The van der Waals surface area contributed by atoms with Crippen LogP contribution in [0.2, 0.25) is 6.55 Å². The minimum Gasteiger partial charge on any atom is -0.565 e. The Morgan fingerprint density at radius 3 is 1.43 bits per heavy atom. The van der Waals surface area contributed by atoms with E-state index in [1.807, 2.05) is 6.55 Å². The molecule has 0 heterocycles. The summed E-state index contributed by atoms with van der Waals surface area (Å²) < 4.78 is 9.56. The molecule has 0 aliphatic rings. The van der Waals surface area contributed by atoms with E-state index < -0.39 is 9.28 Å². The molecule has 0 atom stereocenters. The van der Waals surface area contributed by atoms with Crippen LogP contribution in [-0.2, 0) is 8.85 Å². The third-order valence-corrected chi connectivity index (χ3v) is 1.72. The molecule has 4 heteroatoms. The van der Waals surface area contributed by atoms with Crippen LogP contribution < -0.4 is 58.2 Å². The van der Waals surface area contributed by atoms with Crippen LogP contribution in [0.15, 0.2) is 0 Å². The van der Waals surface area contributed by atoms with Crippen molar-refractivity contribution in [3.8, 4) is 0 Å². The van der Waals surface area contributed by atoms with E-state index in [9.17, 15) is 0 Å². The van der Waals surface area contributed by atoms with Crippen molar-refractivity contribution in [1.82, 2.24) is 0 Å². The van der Waals surface area contributed by atoms with Gasteiger partial charge in [0.25, 0.3) is 0 Å². The van der Waals surface area contributed by atoms with Gasteiger partial charge in [0.05, 0.1) is 0 Å². The summed E-state index contributed by atoms with van der Waals surface area (Å²) >= 11 is 0. The maximum absolute atomic E-state index is 4.78.